The molecule has 0 aliphatic rings. The van der Waals surface area contributed by atoms with E-state index < -0.39 is 5.97 Å². The number of benzene rings is 3. The normalized spacial score (nSPS) is 10.7. The van der Waals surface area contributed by atoms with Crippen LogP contribution in [-0.4, -0.2) is 5.97 Å². The second-order valence-corrected chi connectivity index (χ2v) is 7.79. The van der Waals surface area contributed by atoms with Gasteiger partial charge in [0.15, 0.2) is 0 Å². The maximum absolute atomic E-state index is 12.7. The Balaban J connectivity index is 1.61. The molecule has 0 amide bonds. The van der Waals surface area contributed by atoms with Gasteiger partial charge < -0.3 is 13.9 Å². The van der Waals surface area contributed by atoms with Gasteiger partial charge in [-0.05, 0) is 58.4 Å². The Kier molecular flexibility index (Phi) is 5.51. The van der Waals surface area contributed by atoms with Gasteiger partial charge in [0.05, 0.1) is 15.4 Å². The first-order valence-corrected chi connectivity index (χ1v) is 10.1. The van der Waals surface area contributed by atoms with Gasteiger partial charge in [0.1, 0.15) is 23.3 Å². The topological polar surface area (TPSA) is 65.7 Å². The van der Waals surface area contributed by atoms with Gasteiger partial charge in [0, 0.05) is 10.5 Å². The van der Waals surface area contributed by atoms with E-state index in [2.05, 4.69) is 31.9 Å². The summed E-state index contributed by atoms with van der Waals surface area (Å²) in [6.45, 7) is 0. The van der Waals surface area contributed by atoms with E-state index in [4.69, 9.17) is 13.9 Å². The van der Waals surface area contributed by atoms with E-state index in [1.165, 1.54) is 24.5 Å². The van der Waals surface area contributed by atoms with Crippen molar-refractivity contribution in [2.45, 2.75) is 0 Å². The Morgan fingerprint density at radius 2 is 1.72 bits per heavy atom. The third kappa shape index (κ3) is 4.26. The highest BCUT2D eigenvalue weighted by Crippen LogP contribution is 2.29. The van der Waals surface area contributed by atoms with E-state index in [1.807, 2.05) is 18.2 Å². The largest absolute Gasteiger partial charge is 0.460 e. The highest BCUT2D eigenvalue weighted by Gasteiger charge is 2.14. The Morgan fingerprint density at radius 3 is 2.52 bits per heavy atom. The number of carbonyl (C=O) groups is 1. The van der Waals surface area contributed by atoms with Gasteiger partial charge in [-0.25, -0.2) is 4.79 Å². The summed E-state index contributed by atoms with van der Waals surface area (Å²) in [5, 5.41) is 0.316. The molecule has 0 aliphatic carbocycles. The number of halogens is 2. The predicted octanol–water partition coefficient (Wildman–Crippen LogP) is 6.33. The van der Waals surface area contributed by atoms with Crippen molar-refractivity contribution in [1.82, 2.24) is 0 Å². The van der Waals surface area contributed by atoms with E-state index in [-0.39, 0.29) is 22.5 Å². The van der Waals surface area contributed by atoms with Gasteiger partial charge in [-0.15, -0.1) is 0 Å². The van der Waals surface area contributed by atoms with Crippen molar-refractivity contribution < 1.29 is 18.7 Å². The first-order chi connectivity index (χ1) is 14.0. The van der Waals surface area contributed by atoms with E-state index in [9.17, 15) is 9.59 Å². The molecule has 29 heavy (non-hydrogen) atoms. The molecule has 1 aromatic heterocycles. The lowest BCUT2D eigenvalue weighted by atomic mass is 10.2. The van der Waals surface area contributed by atoms with Crippen LogP contribution in [0.25, 0.3) is 11.0 Å². The first-order valence-electron chi connectivity index (χ1n) is 8.47. The summed E-state index contributed by atoms with van der Waals surface area (Å²) in [6, 6.07) is 18.6. The molecule has 0 N–H and O–H groups in total. The molecule has 4 rings (SSSR count). The fourth-order valence-corrected chi connectivity index (χ4v) is 3.42. The molecule has 7 heteroatoms. The standard InChI is InChI=1S/C22H12Br2O5/c23-14-5-3-4-13(10-14)22(26)28-15-8-9-16-19(11-15)27-12-20(21(16)25)29-18-7-2-1-6-17(18)24/h1-12H. The van der Waals surface area contributed by atoms with Gasteiger partial charge in [-0.2, -0.15) is 0 Å². The quantitative estimate of drug-likeness (QED) is 0.235. The van der Waals surface area contributed by atoms with Crippen LogP contribution in [0.3, 0.4) is 0 Å². The molecule has 0 bridgehead atoms. The van der Waals surface area contributed by atoms with E-state index in [0.29, 0.717) is 21.2 Å². The summed E-state index contributed by atoms with van der Waals surface area (Å²) in [4.78, 5) is 25.0. The number of para-hydroxylation sites is 1. The van der Waals surface area contributed by atoms with Gasteiger partial charge in [0.25, 0.3) is 0 Å². The third-order valence-electron chi connectivity index (χ3n) is 4.04. The zero-order valence-electron chi connectivity index (χ0n) is 14.7. The van der Waals surface area contributed by atoms with Gasteiger partial charge in [0.2, 0.25) is 11.2 Å². The lowest BCUT2D eigenvalue weighted by molar-refractivity contribution is 0.0735. The molecule has 1 heterocycles. The van der Waals surface area contributed by atoms with Crippen molar-refractivity contribution in [2.24, 2.45) is 0 Å². The number of hydrogen-bond donors (Lipinski definition) is 0. The summed E-state index contributed by atoms with van der Waals surface area (Å²) in [6.07, 6.45) is 1.24. The minimum absolute atomic E-state index is 0.0586. The van der Waals surface area contributed by atoms with E-state index in [1.54, 1.807) is 30.3 Å². The maximum atomic E-state index is 12.7. The Bertz CT molecular complexity index is 1280. The molecule has 0 spiro atoms. The average molecular weight is 516 g/mol. The van der Waals surface area contributed by atoms with Crippen LogP contribution in [0.2, 0.25) is 0 Å². The Hall–Kier alpha value is -2.90. The molecule has 0 unspecified atom stereocenters. The second-order valence-electron chi connectivity index (χ2n) is 6.02. The summed E-state index contributed by atoms with van der Waals surface area (Å²) >= 11 is 6.69. The van der Waals surface area contributed by atoms with Crippen molar-refractivity contribution in [3.05, 3.63) is 97.7 Å². The molecule has 3 aromatic carbocycles. The van der Waals surface area contributed by atoms with Crippen LogP contribution in [0.15, 0.2) is 91.2 Å². The van der Waals surface area contributed by atoms with E-state index >= 15 is 0 Å². The fraction of sp³-hybridized carbons (Fsp3) is 0. The predicted molar refractivity (Wildman–Crippen MR) is 116 cm³/mol. The minimum atomic E-state index is -0.512. The lowest BCUT2D eigenvalue weighted by Crippen LogP contribution is -2.09. The third-order valence-corrected chi connectivity index (χ3v) is 5.19. The molecule has 144 valence electrons. The number of carbonyl (C=O) groups excluding carboxylic acids is 1. The SMILES string of the molecule is O=C(Oc1ccc2c(=O)c(Oc3ccccc3Br)coc2c1)c1cccc(Br)c1. The number of hydrogen-bond acceptors (Lipinski definition) is 5. The highest BCUT2D eigenvalue weighted by molar-refractivity contribution is 9.10. The molecular weight excluding hydrogens is 504 g/mol. The molecule has 0 saturated heterocycles. The average Bonchev–Trinajstić information content (AvgIpc) is 2.71. The van der Waals surface area contributed by atoms with Crippen LogP contribution in [-0.2, 0) is 0 Å². The molecule has 4 aromatic rings. The van der Waals surface area contributed by atoms with Crippen LogP contribution >= 0.6 is 31.9 Å². The van der Waals surface area contributed by atoms with Gasteiger partial charge in [-0.3, -0.25) is 4.79 Å². The van der Waals surface area contributed by atoms with Crippen LogP contribution in [0.4, 0.5) is 0 Å². The molecule has 0 aliphatic heterocycles. The van der Waals surface area contributed by atoms with Crippen LogP contribution in [0.5, 0.6) is 17.2 Å². The summed E-state index contributed by atoms with van der Waals surface area (Å²) in [5.41, 5.74) is 0.360. The van der Waals surface area contributed by atoms with Crippen molar-refractivity contribution in [1.29, 1.82) is 0 Å². The van der Waals surface area contributed by atoms with Crippen LogP contribution in [0.1, 0.15) is 10.4 Å². The molecule has 0 fully saturated rings. The van der Waals surface area contributed by atoms with Crippen molar-refractivity contribution in [3.63, 3.8) is 0 Å². The maximum Gasteiger partial charge on any atom is 0.343 e. The molecule has 0 saturated carbocycles. The molecule has 0 radical (unpaired) electrons. The first kappa shape index (κ1) is 19.4. The molecular formula is C22H12Br2O5. The monoisotopic (exact) mass is 514 g/mol. The zero-order chi connectivity index (χ0) is 20.4. The second kappa shape index (κ2) is 8.23. The smallest absolute Gasteiger partial charge is 0.343 e. The van der Waals surface area contributed by atoms with Gasteiger partial charge in [-0.1, -0.05) is 34.1 Å². The Labute approximate surface area is 182 Å². The summed E-state index contributed by atoms with van der Waals surface area (Å²) < 4.78 is 18.1. The zero-order valence-corrected chi connectivity index (χ0v) is 17.9. The van der Waals surface area contributed by atoms with Crippen molar-refractivity contribution in [2.75, 3.05) is 0 Å². The molecule has 5 nitrogen and oxygen atoms in total. The number of ether oxygens (including phenoxy) is 2. The lowest BCUT2D eigenvalue weighted by Gasteiger charge is -2.08. The van der Waals surface area contributed by atoms with Gasteiger partial charge >= 0.3 is 5.97 Å². The Morgan fingerprint density at radius 1 is 0.897 bits per heavy atom. The fourth-order valence-electron chi connectivity index (χ4n) is 2.65. The molecule has 0 atom stereocenters. The minimum Gasteiger partial charge on any atom is -0.460 e. The van der Waals surface area contributed by atoms with Crippen LogP contribution in [0, 0.1) is 0 Å². The van der Waals surface area contributed by atoms with E-state index in [0.717, 1.165) is 4.47 Å². The summed E-state index contributed by atoms with van der Waals surface area (Å²) in [5.74, 6) is 0.314. The number of rotatable bonds is 4. The summed E-state index contributed by atoms with van der Waals surface area (Å²) in [7, 11) is 0. The van der Waals surface area contributed by atoms with Crippen molar-refractivity contribution in [3.8, 4) is 17.2 Å². The van der Waals surface area contributed by atoms with Crippen molar-refractivity contribution >= 4 is 48.8 Å². The number of fused-ring (bicyclic) bond motifs is 1. The number of esters is 1. The van der Waals surface area contributed by atoms with Crippen LogP contribution < -0.4 is 14.9 Å². The highest BCUT2D eigenvalue weighted by atomic mass is 79.9.